The zero-order valence-electron chi connectivity index (χ0n) is 16.3. The maximum absolute atomic E-state index is 13.0. The molecule has 0 fully saturated rings. The minimum atomic E-state index is -0.392. The second kappa shape index (κ2) is 8.16. The quantitative estimate of drug-likeness (QED) is 0.518. The number of aryl methyl sites for hydroxylation is 1. The van der Waals surface area contributed by atoms with Crippen LogP contribution in [0.1, 0.15) is 29.3 Å². The number of hydrogen-bond donors (Lipinski definition) is 1. The molecule has 0 bridgehead atoms. The molecule has 2 aromatic heterocycles. The Morgan fingerprint density at radius 2 is 2.28 bits per heavy atom. The maximum atomic E-state index is 13.0. The van der Waals surface area contributed by atoms with Crippen LogP contribution in [0.2, 0.25) is 0 Å². The van der Waals surface area contributed by atoms with Crippen LogP contribution >= 0.6 is 11.3 Å². The molecule has 150 valence electrons. The van der Waals surface area contributed by atoms with Crippen molar-refractivity contribution in [3.8, 4) is 5.75 Å². The van der Waals surface area contributed by atoms with E-state index in [9.17, 15) is 9.59 Å². The van der Waals surface area contributed by atoms with E-state index < -0.39 is 5.91 Å². The molecule has 4 rings (SSSR count). The van der Waals surface area contributed by atoms with E-state index in [1.54, 1.807) is 18.4 Å². The Hall–Kier alpha value is -3.00. The van der Waals surface area contributed by atoms with Crippen LogP contribution in [0.4, 0.5) is 0 Å². The van der Waals surface area contributed by atoms with Crippen LogP contribution in [-0.4, -0.2) is 28.8 Å². The summed E-state index contributed by atoms with van der Waals surface area (Å²) in [6.45, 7) is 2.10. The topological polar surface area (TPSA) is 85.6 Å². The van der Waals surface area contributed by atoms with Crippen LogP contribution in [0.5, 0.6) is 5.75 Å². The van der Waals surface area contributed by atoms with Crippen LogP contribution in [0.25, 0.3) is 10.2 Å². The number of carbonyl (C=O) groups is 1. The van der Waals surface area contributed by atoms with E-state index in [4.69, 9.17) is 4.74 Å². The van der Waals surface area contributed by atoms with Gasteiger partial charge in [0.15, 0.2) is 0 Å². The van der Waals surface area contributed by atoms with Gasteiger partial charge in [0.2, 0.25) is 0 Å². The van der Waals surface area contributed by atoms with Crippen LogP contribution in [0.3, 0.4) is 0 Å². The Bertz CT molecular complexity index is 1150. The summed E-state index contributed by atoms with van der Waals surface area (Å²) in [5.74, 6) is 0.898. The number of thiophene rings is 1. The number of aromatic nitrogens is 2. The largest absolute Gasteiger partial charge is 0.496 e. The first-order valence-electron chi connectivity index (χ1n) is 9.51. The highest BCUT2D eigenvalue weighted by Crippen LogP contribution is 2.35. The molecule has 1 amide bonds. The lowest BCUT2D eigenvalue weighted by Crippen LogP contribution is -2.30. The van der Waals surface area contributed by atoms with Gasteiger partial charge in [0, 0.05) is 10.4 Å². The number of ether oxygens (including phenoxy) is 1. The molecular weight excluding hydrogens is 388 g/mol. The SMILES string of the molecule is COc1ccccc1/C=N/NC(=O)Cn1cnc2sc3c(c2c1=O)CC[C@H](C)C3. The summed E-state index contributed by atoms with van der Waals surface area (Å²) in [6.07, 6.45) is 5.92. The van der Waals surface area contributed by atoms with Gasteiger partial charge in [-0.3, -0.25) is 14.2 Å². The third kappa shape index (κ3) is 3.93. The van der Waals surface area contributed by atoms with Crippen molar-refractivity contribution >= 4 is 33.7 Å². The van der Waals surface area contributed by atoms with Crippen LogP contribution < -0.4 is 15.7 Å². The first-order valence-corrected chi connectivity index (χ1v) is 10.3. The van der Waals surface area contributed by atoms with E-state index in [0.29, 0.717) is 17.1 Å². The minimum absolute atomic E-state index is 0.133. The van der Waals surface area contributed by atoms with Gasteiger partial charge in [-0.2, -0.15) is 5.10 Å². The van der Waals surface area contributed by atoms with E-state index in [0.717, 1.165) is 35.2 Å². The zero-order valence-corrected chi connectivity index (χ0v) is 17.2. The van der Waals surface area contributed by atoms with Gasteiger partial charge in [0.25, 0.3) is 11.5 Å². The number of hydrogen-bond acceptors (Lipinski definition) is 6. The highest BCUT2D eigenvalue weighted by molar-refractivity contribution is 7.18. The summed E-state index contributed by atoms with van der Waals surface area (Å²) < 4.78 is 6.59. The molecule has 29 heavy (non-hydrogen) atoms. The zero-order chi connectivity index (χ0) is 20.4. The number of hydrazone groups is 1. The first kappa shape index (κ1) is 19.3. The van der Waals surface area contributed by atoms with Crippen molar-refractivity contribution in [2.75, 3.05) is 7.11 Å². The van der Waals surface area contributed by atoms with Gasteiger partial charge in [0.05, 0.1) is 25.0 Å². The molecule has 8 heteroatoms. The van der Waals surface area contributed by atoms with Crippen LogP contribution in [-0.2, 0) is 24.2 Å². The fourth-order valence-corrected chi connectivity index (χ4v) is 4.96. The Kier molecular flexibility index (Phi) is 5.44. The molecule has 0 spiro atoms. The van der Waals surface area contributed by atoms with Crippen molar-refractivity contribution in [2.24, 2.45) is 11.0 Å². The third-order valence-corrected chi connectivity index (χ3v) is 6.29. The van der Waals surface area contributed by atoms with Gasteiger partial charge in [-0.05, 0) is 42.9 Å². The van der Waals surface area contributed by atoms with Crippen molar-refractivity contribution in [1.82, 2.24) is 15.0 Å². The molecule has 1 aliphatic rings. The predicted octanol–water partition coefficient (Wildman–Crippen LogP) is 2.74. The molecule has 0 saturated carbocycles. The van der Waals surface area contributed by atoms with Crippen LogP contribution in [0.15, 0.2) is 40.5 Å². The number of benzene rings is 1. The molecule has 7 nitrogen and oxygen atoms in total. The lowest BCUT2D eigenvalue weighted by atomic mass is 9.89. The Labute approximate surface area is 172 Å². The standard InChI is InChI=1S/C21H22N4O3S/c1-13-7-8-15-17(9-13)29-20-19(15)21(27)25(12-22-20)11-18(26)24-23-10-14-5-3-4-6-16(14)28-2/h3-6,10,12-13H,7-9,11H2,1-2H3,(H,24,26)/b23-10+/t13-/m0/s1. The van der Waals surface area contributed by atoms with Gasteiger partial charge in [-0.1, -0.05) is 19.1 Å². The molecule has 0 saturated heterocycles. The van der Waals surface area contributed by atoms with E-state index >= 15 is 0 Å². The molecule has 1 aromatic carbocycles. The molecule has 1 atom stereocenters. The number of amides is 1. The van der Waals surface area contributed by atoms with Gasteiger partial charge in [-0.25, -0.2) is 10.4 Å². The van der Waals surface area contributed by atoms with Gasteiger partial charge >= 0.3 is 0 Å². The van der Waals surface area contributed by atoms with Gasteiger partial charge < -0.3 is 4.74 Å². The van der Waals surface area contributed by atoms with Crippen LogP contribution in [0, 0.1) is 5.92 Å². The molecule has 1 aliphatic carbocycles. The summed E-state index contributed by atoms with van der Waals surface area (Å²) in [7, 11) is 1.57. The third-order valence-electron chi connectivity index (χ3n) is 5.13. The predicted molar refractivity (Wildman–Crippen MR) is 114 cm³/mol. The van der Waals surface area contributed by atoms with Crippen molar-refractivity contribution in [3.63, 3.8) is 0 Å². The summed E-state index contributed by atoms with van der Waals surface area (Å²) in [5, 5.41) is 4.64. The lowest BCUT2D eigenvalue weighted by molar-refractivity contribution is -0.121. The van der Waals surface area contributed by atoms with E-state index in [1.165, 1.54) is 22.0 Å². The first-order chi connectivity index (χ1) is 14.1. The van der Waals surface area contributed by atoms with E-state index in [2.05, 4.69) is 22.4 Å². The normalized spacial score (nSPS) is 16.1. The summed E-state index contributed by atoms with van der Waals surface area (Å²) in [6, 6.07) is 7.35. The lowest BCUT2D eigenvalue weighted by Gasteiger charge is -2.17. The molecular formula is C21H22N4O3S. The molecule has 0 aliphatic heterocycles. The molecule has 3 aromatic rings. The molecule has 0 unspecified atom stereocenters. The second-order valence-electron chi connectivity index (χ2n) is 7.24. The summed E-state index contributed by atoms with van der Waals surface area (Å²) >= 11 is 1.60. The number of nitrogens with one attached hydrogen (secondary N) is 1. The highest BCUT2D eigenvalue weighted by atomic mass is 32.1. The molecule has 1 N–H and O–H groups in total. The maximum Gasteiger partial charge on any atom is 0.262 e. The number of nitrogens with zero attached hydrogens (tertiary/aromatic N) is 3. The number of rotatable bonds is 5. The van der Waals surface area contributed by atoms with Crippen molar-refractivity contribution in [3.05, 3.63) is 57.0 Å². The second-order valence-corrected chi connectivity index (χ2v) is 8.33. The smallest absolute Gasteiger partial charge is 0.262 e. The van der Waals surface area contributed by atoms with Crippen molar-refractivity contribution < 1.29 is 9.53 Å². The van der Waals surface area contributed by atoms with E-state index in [1.807, 2.05) is 24.3 Å². The highest BCUT2D eigenvalue weighted by Gasteiger charge is 2.23. The van der Waals surface area contributed by atoms with Gasteiger partial charge in [-0.15, -0.1) is 11.3 Å². The molecule has 2 heterocycles. The summed E-state index contributed by atoms with van der Waals surface area (Å²) in [5.41, 5.74) is 4.16. The van der Waals surface area contributed by atoms with Gasteiger partial charge in [0.1, 0.15) is 17.1 Å². The summed E-state index contributed by atoms with van der Waals surface area (Å²) in [4.78, 5) is 31.7. The number of fused-ring (bicyclic) bond motifs is 3. The Balaban J connectivity index is 1.50. The monoisotopic (exact) mass is 410 g/mol. The fraction of sp³-hybridized carbons (Fsp3) is 0.333. The number of para-hydroxylation sites is 1. The van der Waals surface area contributed by atoms with Crippen molar-refractivity contribution in [2.45, 2.75) is 32.7 Å². The van der Waals surface area contributed by atoms with E-state index in [-0.39, 0.29) is 12.1 Å². The minimum Gasteiger partial charge on any atom is -0.496 e. The number of methoxy groups -OCH3 is 1. The Morgan fingerprint density at radius 1 is 1.45 bits per heavy atom. The average molecular weight is 410 g/mol. The average Bonchev–Trinajstić information content (AvgIpc) is 3.08. The molecule has 0 radical (unpaired) electrons. The fourth-order valence-electron chi connectivity index (χ4n) is 3.62. The number of carbonyl (C=O) groups excluding carboxylic acids is 1. The van der Waals surface area contributed by atoms with Crippen molar-refractivity contribution in [1.29, 1.82) is 0 Å². The Morgan fingerprint density at radius 3 is 3.10 bits per heavy atom.